The third-order valence-electron chi connectivity index (χ3n) is 4.55. The van der Waals surface area contributed by atoms with E-state index in [1.165, 1.54) is 37.2 Å². The zero-order valence-electron chi connectivity index (χ0n) is 13.4. The van der Waals surface area contributed by atoms with Crippen molar-refractivity contribution in [3.05, 3.63) is 29.8 Å². The van der Waals surface area contributed by atoms with Crippen molar-refractivity contribution in [1.82, 2.24) is 10.2 Å². The average Bonchev–Trinajstić information content (AvgIpc) is 2.48. The number of nitrogens with one attached hydrogen (secondary N) is 1. The van der Waals surface area contributed by atoms with Gasteiger partial charge in [-0.2, -0.15) is 0 Å². The van der Waals surface area contributed by atoms with Gasteiger partial charge in [-0.25, -0.2) is 0 Å². The van der Waals surface area contributed by atoms with Crippen molar-refractivity contribution < 1.29 is 0 Å². The molecule has 20 heavy (non-hydrogen) atoms. The minimum atomic E-state index is 0.433. The smallest absolute Gasteiger partial charge is 0.0366 e. The summed E-state index contributed by atoms with van der Waals surface area (Å²) in [4.78, 5) is 4.88. The average molecular weight is 275 g/mol. The van der Waals surface area contributed by atoms with Crippen molar-refractivity contribution in [3.8, 4) is 0 Å². The van der Waals surface area contributed by atoms with Crippen molar-refractivity contribution in [2.24, 2.45) is 0 Å². The molecule has 1 fully saturated rings. The van der Waals surface area contributed by atoms with Crippen LogP contribution < -0.4 is 10.2 Å². The highest BCUT2D eigenvalue weighted by Crippen LogP contribution is 2.23. The molecule has 112 valence electrons. The van der Waals surface area contributed by atoms with Crippen LogP contribution in [-0.4, -0.2) is 44.7 Å². The molecule has 1 unspecified atom stereocenters. The lowest BCUT2D eigenvalue weighted by Crippen LogP contribution is -2.41. The Labute approximate surface area is 124 Å². The van der Waals surface area contributed by atoms with E-state index in [9.17, 15) is 0 Å². The normalized spacial score (nSPS) is 19.0. The third kappa shape index (κ3) is 3.74. The monoisotopic (exact) mass is 275 g/mol. The maximum absolute atomic E-state index is 3.46. The largest absolute Gasteiger partial charge is 0.372 e. The van der Waals surface area contributed by atoms with E-state index in [-0.39, 0.29) is 0 Å². The quantitative estimate of drug-likeness (QED) is 0.891. The van der Waals surface area contributed by atoms with Crippen molar-refractivity contribution in [3.63, 3.8) is 0 Å². The summed E-state index contributed by atoms with van der Waals surface area (Å²) in [5, 5.41) is 3.46. The van der Waals surface area contributed by atoms with Gasteiger partial charge in [-0.3, -0.25) is 0 Å². The van der Waals surface area contributed by atoms with E-state index in [0.29, 0.717) is 12.1 Å². The van der Waals surface area contributed by atoms with Crippen LogP contribution in [0.4, 0.5) is 5.69 Å². The molecule has 0 radical (unpaired) electrons. The Hall–Kier alpha value is -1.06. The van der Waals surface area contributed by atoms with Gasteiger partial charge in [0.15, 0.2) is 0 Å². The maximum atomic E-state index is 3.46. The fraction of sp³-hybridized carbons (Fsp3) is 0.647. The second kappa shape index (κ2) is 7.09. The first kappa shape index (κ1) is 15.3. The summed E-state index contributed by atoms with van der Waals surface area (Å²) in [7, 11) is 4.45. The number of hydrogen-bond acceptors (Lipinski definition) is 3. The molecule has 0 bridgehead atoms. The molecule has 1 aliphatic heterocycles. The molecule has 3 nitrogen and oxygen atoms in total. The predicted octanol–water partition coefficient (Wildman–Crippen LogP) is 2.89. The van der Waals surface area contributed by atoms with Crippen LogP contribution in [0.5, 0.6) is 0 Å². The van der Waals surface area contributed by atoms with Crippen LogP contribution in [0.2, 0.25) is 0 Å². The van der Waals surface area contributed by atoms with E-state index < -0.39 is 0 Å². The van der Waals surface area contributed by atoms with Gasteiger partial charge in [-0.15, -0.1) is 0 Å². The number of nitrogens with zero attached hydrogens (tertiary/aromatic N) is 2. The van der Waals surface area contributed by atoms with Crippen LogP contribution in [0.1, 0.15) is 38.3 Å². The first-order valence-corrected chi connectivity index (χ1v) is 7.86. The maximum Gasteiger partial charge on any atom is 0.0366 e. The van der Waals surface area contributed by atoms with E-state index in [1.54, 1.807) is 0 Å². The molecule has 3 heteroatoms. The van der Waals surface area contributed by atoms with Gasteiger partial charge in [0.1, 0.15) is 0 Å². The van der Waals surface area contributed by atoms with Crippen LogP contribution in [0, 0.1) is 0 Å². The zero-order valence-corrected chi connectivity index (χ0v) is 13.4. The first-order chi connectivity index (χ1) is 9.61. The van der Waals surface area contributed by atoms with Crippen molar-refractivity contribution >= 4 is 5.69 Å². The fourth-order valence-corrected chi connectivity index (χ4v) is 3.02. The van der Waals surface area contributed by atoms with Gasteiger partial charge in [0.25, 0.3) is 0 Å². The van der Waals surface area contributed by atoms with Crippen molar-refractivity contribution in [2.75, 3.05) is 38.6 Å². The highest BCUT2D eigenvalue weighted by Gasteiger charge is 2.20. The molecule has 1 N–H and O–H groups in total. The van der Waals surface area contributed by atoms with Crippen molar-refractivity contribution in [1.29, 1.82) is 0 Å². The highest BCUT2D eigenvalue weighted by atomic mass is 15.2. The van der Waals surface area contributed by atoms with E-state index in [0.717, 1.165) is 6.54 Å². The van der Waals surface area contributed by atoms with Gasteiger partial charge in [0, 0.05) is 24.8 Å². The summed E-state index contributed by atoms with van der Waals surface area (Å²) >= 11 is 0. The molecule has 1 atom stereocenters. The van der Waals surface area contributed by atoms with Crippen LogP contribution in [0.15, 0.2) is 24.3 Å². The summed E-state index contributed by atoms with van der Waals surface area (Å²) in [5.41, 5.74) is 2.71. The van der Waals surface area contributed by atoms with Crippen LogP contribution in [0.3, 0.4) is 0 Å². The number of hydrogen-bond donors (Lipinski definition) is 1. The second-order valence-electron chi connectivity index (χ2n) is 6.02. The Morgan fingerprint density at radius 3 is 2.40 bits per heavy atom. The topological polar surface area (TPSA) is 18.5 Å². The van der Waals surface area contributed by atoms with E-state index in [4.69, 9.17) is 0 Å². The number of anilines is 1. The lowest BCUT2D eigenvalue weighted by atomic mass is 10.0. The number of likely N-dealkylation sites (tertiary alicyclic amines) is 1. The molecule has 0 spiro atoms. The molecule has 1 aromatic rings. The van der Waals surface area contributed by atoms with Gasteiger partial charge in [-0.1, -0.05) is 19.1 Å². The molecule has 2 rings (SSSR count). The van der Waals surface area contributed by atoms with E-state index >= 15 is 0 Å². The molecule has 0 amide bonds. The van der Waals surface area contributed by atoms with Gasteiger partial charge in [0.2, 0.25) is 0 Å². The molecule has 0 aromatic heterocycles. The van der Waals surface area contributed by atoms with Gasteiger partial charge in [-0.05, 0) is 64.1 Å². The molecule has 1 heterocycles. The second-order valence-corrected chi connectivity index (χ2v) is 6.02. The molecular weight excluding hydrogens is 246 g/mol. The minimum Gasteiger partial charge on any atom is -0.372 e. The molecule has 0 aliphatic carbocycles. The molecular formula is C17H29N3. The van der Waals surface area contributed by atoms with Gasteiger partial charge >= 0.3 is 0 Å². The minimum absolute atomic E-state index is 0.433. The van der Waals surface area contributed by atoms with Crippen LogP contribution >= 0.6 is 0 Å². The first-order valence-electron chi connectivity index (χ1n) is 7.86. The predicted molar refractivity (Wildman–Crippen MR) is 87.5 cm³/mol. The number of rotatable bonds is 5. The Bertz CT molecular complexity index is 393. The van der Waals surface area contributed by atoms with Gasteiger partial charge in [0.05, 0.1) is 0 Å². The highest BCUT2D eigenvalue weighted by molar-refractivity contribution is 5.48. The number of piperidine rings is 1. The molecule has 1 aromatic carbocycles. The lowest BCUT2D eigenvalue weighted by Gasteiger charge is -2.36. The SMILES string of the molecule is CCNC(C)c1ccc(N(C)C2CCN(C)CC2)cc1. The lowest BCUT2D eigenvalue weighted by molar-refractivity contribution is 0.253. The Morgan fingerprint density at radius 1 is 1.25 bits per heavy atom. The van der Waals surface area contributed by atoms with Crippen LogP contribution in [-0.2, 0) is 0 Å². The summed E-state index contributed by atoms with van der Waals surface area (Å²) < 4.78 is 0. The van der Waals surface area contributed by atoms with Crippen molar-refractivity contribution in [2.45, 2.75) is 38.8 Å². The Morgan fingerprint density at radius 2 is 1.85 bits per heavy atom. The van der Waals surface area contributed by atoms with Gasteiger partial charge < -0.3 is 15.1 Å². The standard InChI is InChI=1S/C17H29N3/c1-5-18-14(2)15-6-8-16(9-7-15)20(4)17-10-12-19(3)13-11-17/h6-9,14,17-18H,5,10-13H2,1-4H3. The summed E-state index contributed by atoms with van der Waals surface area (Å²) in [6.07, 6.45) is 2.53. The van der Waals surface area contributed by atoms with Crippen LogP contribution in [0.25, 0.3) is 0 Å². The summed E-state index contributed by atoms with van der Waals surface area (Å²) in [5.74, 6) is 0. The van der Waals surface area contributed by atoms with E-state index in [1.807, 2.05) is 0 Å². The molecule has 0 saturated carbocycles. The molecule has 1 saturated heterocycles. The van der Waals surface area contributed by atoms with E-state index in [2.05, 4.69) is 67.3 Å². The molecule has 1 aliphatic rings. The number of benzene rings is 1. The Balaban J connectivity index is 1.98. The fourth-order valence-electron chi connectivity index (χ4n) is 3.02. The summed E-state index contributed by atoms with van der Waals surface area (Å²) in [6.45, 7) is 7.81. The summed E-state index contributed by atoms with van der Waals surface area (Å²) in [6, 6.07) is 10.2. The third-order valence-corrected chi connectivity index (χ3v) is 4.55. The Kier molecular flexibility index (Phi) is 5.44. The zero-order chi connectivity index (χ0) is 14.5.